The largest absolute Gasteiger partial charge is 0.507 e. The molecule has 1 atom stereocenters. The zero-order valence-corrected chi connectivity index (χ0v) is 18.1. The van der Waals surface area contributed by atoms with Crippen LogP contribution in [-0.4, -0.2) is 31.0 Å². The molecule has 1 N–H and O–H groups in total. The summed E-state index contributed by atoms with van der Waals surface area (Å²) in [5.41, 5.74) is 1.90. The Balaban J connectivity index is 1.93. The second kappa shape index (κ2) is 8.28. The lowest BCUT2D eigenvalue weighted by atomic mass is 9.99. The number of aliphatic hydroxyl groups is 1. The summed E-state index contributed by atoms with van der Waals surface area (Å²) in [5, 5.41) is 13.1. The summed E-state index contributed by atoms with van der Waals surface area (Å²) < 4.78 is 10.6. The van der Waals surface area contributed by atoms with Crippen LogP contribution in [0.25, 0.3) is 5.76 Å². The number of aryl methyl sites for hydroxylation is 1. The van der Waals surface area contributed by atoms with E-state index in [9.17, 15) is 14.7 Å². The Morgan fingerprint density at radius 1 is 1.00 bits per heavy atom. The number of methoxy groups -OCH3 is 2. The Bertz CT molecular complexity index is 1180. The summed E-state index contributed by atoms with van der Waals surface area (Å²) in [7, 11) is 3.01. The van der Waals surface area contributed by atoms with E-state index in [1.165, 1.54) is 30.5 Å². The Labute approximate surface area is 184 Å². The van der Waals surface area contributed by atoms with Crippen LogP contribution in [0.1, 0.15) is 22.0 Å². The van der Waals surface area contributed by atoms with Gasteiger partial charge in [-0.15, -0.1) is 11.3 Å². The van der Waals surface area contributed by atoms with Gasteiger partial charge >= 0.3 is 0 Å². The average Bonchev–Trinajstić information content (AvgIpc) is 3.40. The van der Waals surface area contributed by atoms with E-state index in [2.05, 4.69) is 0 Å². The Kier molecular flexibility index (Phi) is 5.52. The minimum Gasteiger partial charge on any atom is -0.507 e. The topological polar surface area (TPSA) is 76.1 Å². The Morgan fingerprint density at radius 2 is 1.74 bits per heavy atom. The van der Waals surface area contributed by atoms with E-state index in [4.69, 9.17) is 9.47 Å². The van der Waals surface area contributed by atoms with Crippen molar-refractivity contribution in [1.29, 1.82) is 0 Å². The number of hydrogen-bond donors (Lipinski definition) is 1. The van der Waals surface area contributed by atoms with Crippen molar-refractivity contribution in [3.05, 3.63) is 81.6 Å². The molecule has 3 aromatic rings. The SMILES string of the molecule is COc1ccc(/C(O)=C2/C(=O)C(=O)N(c3ccccc3C)C2c2cccs2)cc1OC. The molecule has 2 aromatic carbocycles. The molecule has 1 aromatic heterocycles. The first-order valence-electron chi connectivity index (χ1n) is 9.60. The number of carbonyl (C=O) groups is 2. The van der Waals surface area contributed by atoms with Crippen molar-refractivity contribution in [2.24, 2.45) is 0 Å². The number of carbonyl (C=O) groups excluding carboxylic acids is 2. The predicted molar refractivity (Wildman–Crippen MR) is 120 cm³/mol. The summed E-state index contributed by atoms with van der Waals surface area (Å²) in [4.78, 5) is 28.5. The number of rotatable bonds is 5. The number of ketones is 1. The molecule has 4 rings (SSSR count). The van der Waals surface area contributed by atoms with Crippen molar-refractivity contribution in [3.8, 4) is 11.5 Å². The van der Waals surface area contributed by atoms with Gasteiger partial charge in [-0.05, 0) is 48.2 Å². The summed E-state index contributed by atoms with van der Waals surface area (Å²) in [6, 6.07) is 15.2. The number of ether oxygens (including phenoxy) is 2. The molecule has 0 spiro atoms. The third-order valence-corrected chi connectivity index (χ3v) is 6.21. The van der Waals surface area contributed by atoms with Crippen LogP contribution < -0.4 is 14.4 Å². The van der Waals surface area contributed by atoms with Gasteiger partial charge < -0.3 is 14.6 Å². The molecule has 31 heavy (non-hydrogen) atoms. The van der Waals surface area contributed by atoms with Crippen LogP contribution >= 0.6 is 11.3 Å². The van der Waals surface area contributed by atoms with Crippen molar-refractivity contribution >= 4 is 34.5 Å². The number of aliphatic hydroxyl groups excluding tert-OH is 1. The van der Waals surface area contributed by atoms with Gasteiger partial charge in [0.25, 0.3) is 11.7 Å². The standard InChI is InChI=1S/C24H21NO5S/c1-14-7-4-5-8-16(14)25-21(19-9-6-12-31-19)20(23(27)24(25)28)22(26)15-10-11-17(29-2)18(13-15)30-3/h4-13,21,26H,1-3H3/b22-20-. The second-order valence-electron chi connectivity index (χ2n) is 7.04. The van der Waals surface area contributed by atoms with E-state index in [1.807, 2.05) is 42.6 Å². The van der Waals surface area contributed by atoms with Gasteiger partial charge in [0.1, 0.15) is 11.8 Å². The van der Waals surface area contributed by atoms with Crippen molar-refractivity contribution in [1.82, 2.24) is 0 Å². The first kappa shape index (κ1) is 20.7. The van der Waals surface area contributed by atoms with Gasteiger partial charge in [0.2, 0.25) is 0 Å². The van der Waals surface area contributed by atoms with E-state index in [0.29, 0.717) is 22.7 Å². The van der Waals surface area contributed by atoms with Gasteiger partial charge in [0, 0.05) is 16.1 Å². The number of Topliss-reactive ketones (excluding diaryl/α,β-unsaturated/α-hetero) is 1. The summed E-state index contributed by atoms with van der Waals surface area (Å²) in [5.74, 6) is -0.751. The fourth-order valence-corrected chi connectivity index (χ4v) is 4.59. The predicted octanol–water partition coefficient (Wildman–Crippen LogP) is 4.70. The smallest absolute Gasteiger partial charge is 0.300 e. The molecular formula is C24H21NO5S. The molecule has 158 valence electrons. The van der Waals surface area contributed by atoms with Crippen LogP contribution in [0.4, 0.5) is 5.69 Å². The fraction of sp³-hybridized carbons (Fsp3) is 0.167. The Morgan fingerprint density at radius 3 is 2.39 bits per heavy atom. The lowest BCUT2D eigenvalue weighted by Gasteiger charge is -2.25. The molecule has 0 bridgehead atoms. The third kappa shape index (κ3) is 3.47. The van der Waals surface area contributed by atoms with E-state index in [-0.39, 0.29) is 11.3 Å². The highest BCUT2D eigenvalue weighted by atomic mass is 32.1. The molecule has 0 radical (unpaired) electrons. The van der Waals surface area contributed by atoms with E-state index in [0.717, 1.165) is 10.4 Å². The van der Waals surface area contributed by atoms with Crippen LogP contribution in [0.5, 0.6) is 11.5 Å². The third-order valence-electron chi connectivity index (χ3n) is 5.29. The monoisotopic (exact) mass is 435 g/mol. The minimum atomic E-state index is -0.728. The number of thiophene rings is 1. The molecule has 1 amide bonds. The number of hydrogen-bond acceptors (Lipinski definition) is 6. The van der Waals surface area contributed by atoms with Crippen LogP contribution in [0.15, 0.2) is 65.6 Å². The van der Waals surface area contributed by atoms with Crippen LogP contribution in [0.2, 0.25) is 0 Å². The van der Waals surface area contributed by atoms with Gasteiger partial charge in [0.05, 0.1) is 19.8 Å². The first-order valence-corrected chi connectivity index (χ1v) is 10.5. The molecule has 6 nitrogen and oxygen atoms in total. The van der Waals surface area contributed by atoms with Crippen molar-refractivity contribution in [3.63, 3.8) is 0 Å². The van der Waals surface area contributed by atoms with Gasteiger partial charge in [-0.1, -0.05) is 24.3 Å². The molecule has 1 fully saturated rings. The maximum absolute atomic E-state index is 13.1. The number of para-hydroxylation sites is 1. The van der Waals surface area contributed by atoms with Gasteiger partial charge in [-0.2, -0.15) is 0 Å². The van der Waals surface area contributed by atoms with Crippen LogP contribution in [0.3, 0.4) is 0 Å². The molecule has 7 heteroatoms. The average molecular weight is 436 g/mol. The Hall–Kier alpha value is -3.58. The lowest BCUT2D eigenvalue weighted by molar-refractivity contribution is -0.132. The van der Waals surface area contributed by atoms with E-state index < -0.39 is 17.7 Å². The summed E-state index contributed by atoms with van der Waals surface area (Å²) in [6.45, 7) is 1.88. The fourth-order valence-electron chi connectivity index (χ4n) is 3.77. The molecule has 2 heterocycles. The van der Waals surface area contributed by atoms with Crippen LogP contribution in [-0.2, 0) is 9.59 Å². The number of nitrogens with zero attached hydrogens (tertiary/aromatic N) is 1. The molecule has 1 saturated heterocycles. The molecule has 1 aliphatic rings. The normalized spacial score (nSPS) is 17.8. The highest BCUT2D eigenvalue weighted by Crippen LogP contribution is 2.44. The van der Waals surface area contributed by atoms with Crippen molar-refractivity contribution < 1.29 is 24.2 Å². The molecular weight excluding hydrogens is 414 g/mol. The molecule has 0 aliphatic carbocycles. The summed E-state index contributed by atoms with van der Waals surface area (Å²) >= 11 is 1.42. The van der Waals surface area contributed by atoms with Crippen molar-refractivity contribution in [2.75, 3.05) is 19.1 Å². The molecule has 1 unspecified atom stereocenters. The lowest BCUT2D eigenvalue weighted by Crippen LogP contribution is -2.29. The summed E-state index contributed by atoms with van der Waals surface area (Å²) in [6.07, 6.45) is 0. The highest BCUT2D eigenvalue weighted by Gasteiger charge is 2.47. The minimum absolute atomic E-state index is 0.0444. The number of anilines is 1. The van der Waals surface area contributed by atoms with Crippen LogP contribution in [0, 0.1) is 6.92 Å². The number of benzene rings is 2. The zero-order chi connectivity index (χ0) is 22.1. The zero-order valence-electron chi connectivity index (χ0n) is 17.3. The highest BCUT2D eigenvalue weighted by molar-refractivity contribution is 7.10. The number of amides is 1. The second-order valence-corrected chi connectivity index (χ2v) is 8.02. The maximum Gasteiger partial charge on any atom is 0.300 e. The maximum atomic E-state index is 13.1. The first-order chi connectivity index (χ1) is 15.0. The molecule has 1 aliphatic heterocycles. The van der Waals surface area contributed by atoms with Gasteiger partial charge in [-0.3, -0.25) is 14.5 Å². The van der Waals surface area contributed by atoms with E-state index in [1.54, 1.807) is 24.3 Å². The van der Waals surface area contributed by atoms with Gasteiger partial charge in [-0.25, -0.2) is 0 Å². The van der Waals surface area contributed by atoms with Gasteiger partial charge in [0.15, 0.2) is 11.5 Å². The quantitative estimate of drug-likeness (QED) is 0.357. The van der Waals surface area contributed by atoms with Crippen molar-refractivity contribution in [2.45, 2.75) is 13.0 Å². The van der Waals surface area contributed by atoms with E-state index >= 15 is 0 Å². The molecule has 0 saturated carbocycles.